The highest BCUT2D eigenvalue weighted by atomic mass is 16.1. The molecule has 1 aromatic heterocycles. The van der Waals surface area contributed by atoms with Crippen molar-refractivity contribution in [2.45, 2.75) is 6.42 Å². The fourth-order valence-corrected chi connectivity index (χ4v) is 1.59. The summed E-state index contributed by atoms with van der Waals surface area (Å²) in [6.07, 6.45) is 5.34. The van der Waals surface area contributed by atoms with E-state index < -0.39 is 0 Å². The average Bonchev–Trinajstić information content (AvgIpc) is 2.40. The van der Waals surface area contributed by atoms with Crippen molar-refractivity contribution >= 4 is 11.7 Å². The number of hydrogen-bond donors (Lipinski definition) is 2. The average molecular weight is 242 g/mol. The number of anilines is 1. The van der Waals surface area contributed by atoms with Crippen LogP contribution in [0.4, 0.5) is 5.82 Å². The summed E-state index contributed by atoms with van der Waals surface area (Å²) in [5.74, 6) is 0.237. The molecule has 0 saturated heterocycles. The van der Waals surface area contributed by atoms with E-state index in [1.54, 1.807) is 12.3 Å². The van der Waals surface area contributed by atoms with Gasteiger partial charge in [0.25, 0.3) is 5.91 Å². The van der Waals surface area contributed by atoms with Crippen molar-refractivity contribution in [1.82, 2.24) is 9.97 Å². The number of benzene rings is 1. The van der Waals surface area contributed by atoms with Crippen LogP contribution >= 0.6 is 0 Å². The summed E-state index contributed by atoms with van der Waals surface area (Å²) < 4.78 is 0. The summed E-state index contributed by atoms with van der Waals surface area (Å²) >= 11 is 0. The summed E-state index contributed by atoms with van der Waals surface area (Å²) in [7, 11) is 0. The highest BCUT2D eigenvalue weighted by Crippen LogP contribution is 2.08. The third kappa shape index (κ3) is 3.11. The Balaban J connectivity index is 2.11. The van der Waals surface area contributed by atoms with Crippen LogP contribution in [0.2, 0.25) is 0 Å². The molecule has 0 fully saturated rings. The topological polar surface area (TPSA) is 80.9 Å². The predicted molar refractivity (Wildman–Crippen MR) is 69.2 cm³/mol. The first-order chi connectivity index (χ1) is 8.79. The van der Waals surface area contributed by atoms with Crippen LogP contribution in [0, 0.1) is 0 Å². The van der Waals surface area contributed by atoms with Crippen LogP contribution in [0.25, 0.3) is 0 Å². The van der Waals surface area contributed by atoms with Crippen molar-refractivity contribution in [2.24, 2.45) is 5.73 Å². The predicted octanol–water partition coefficient (Wildman–Crippen LogP) is 1.23. The van der Waals surface area contributed by atoms with Gasteiger partial charge in [-0.15, -0.1) is 0 Å². The number of carbonyl (C=O) groups excluding carboxylic acids is 1. The molecular weight excluding hydrogens is 228 g/mol. The van der Waals surface area contributed by atoms with Crippen molar-refractivity contribution in [3.05, 3.63) is 54.0 Å². The molecule has 3 N–H and O–H groups in total. The molecule has 0 unspecified atom stereocenters. The first-order valence-electron chi connectivity index (χ1n) is 5.66. The van der Waals surface area contributed by atoms with Crippen molar-refractivity contribution in [2.75, 3.05) is 11.9 Å². The van der Waals surface area contributed by atoms with Gasteiger partial charge < -0.3 is 11.1 Å². The molecule has 0 radical (unpaired) electrons. The van der Waals surface area contributed by atoms with E-state index in [4.69, 9.17) is 5.73 Å². The van der Waals surface area contributed by atoms with E-state index in [1.807, 2.05) is 18.2 Å². The maximum absolute atomic E-state index is 12.0. The third-order valence-corrected chi connectivity index (χ3v) is 2.43. The first-order valence-corrected chi connectivity index (χ1v) is 5.66. The van der Waals surface area contributed by atoms with Gasteiger partial charge in [0.05, 0.1) is 6.20 Å². The van der Waals surface area contributed by atoms with Crippen LogP contribution in [0.3, 0.4) is 0 Å². The zero-order chi connectivity index (χ0) is 12.8. The summed E-state index contributed by atoms with van der Waals surface area (Å²) in [5, 5.41) is 2.68. The van der Waals surface area contributed by atoms with Gasteiger partial charge in [-0.1, -0.05) is 12.1 Å². The molecule has 5 heteroatoms. The number of aromatic nitrogens is 2. The molecule has 0 aliphatic rings. The Morgan fingerprint density at radius 1 is 1.33 bits per heavy atom. The van der Waals surface area contributed by atoms with Gasteiger partial charge in [0.2, 0.25) is 0 Å². The second-order valence-corrected chi connectivity index (χ2v) is 3.78. The molecule has 1 amide bonds. The summed E-state index contributed by atoms with van der Waals surface area (Å²) in [6.45, 7) is 0.565. The van der Waals surface area contributed by atoms with Gasteiger partial charge in [0.1, 0.15) is 0 Å². The van der Waals surface area contributed by atoms with Crippen LogP contribution in [-0.2, 0) is 6.42 Å². The monoisotopic (exact) mass is 242 g/mol. The van der Waals surface area contributed by atoms with E-state index in [9.17, 15) is 4.79 Å². The van der Waals surface area contributed by atoms with Gasteiger partial charge in [-0.2, -0.15) is 0 Å². The minimum atomic E-state index is -0.200. The smallest absolute Gasteiger partial charge is 0.256 e. The van der Waals surface area contributed by atoms with Gasteiger partial charge in [0, 0.05) is 18.0 Å². The van der Waals surface area contributed by atoms with E-state index in [0.29, 0.717) is 17.9 Å². The van der Waals surface area contributed by atoms with E-state index in [-0.39, 0.29) is 5.91 Å². The molecule has 0 saturated carbocycles. The number of amides is 1. The standard InChI is InChI=1S/C13H14N4O/c14-5-4-10-2-1-3-11(8-10)13(18)17-12-9-15-6-7-16-12/h1-3,6-9H,4-5,14H2,(H,16,17,18). The quantitative estimate of drug-likeness (QED) is 0.845. The van der Waals surface area contributed by atoms with Crippen LogP contribution in [0.15, 0.2) is 42.9 Å². The van der Waals surface area contributed by atoms with Crippen LogP contribution in [-0.4, -0.2) is 22.4 Å². The maximum Gasteiger partial charge on any atom is 0.256 e. The Bertz CT molecular complexity index is 528. The van der Waals surface area contributed by atoms with Crippen molar-refractivity contribution in [1.29, 1.82) is 0 Å². The molecule has 18 heavy (non-hydrogen) atoms. The molecule has 0 spiro atoms. The lowest BCUT2D eigenvalue weighted by atomic mass is 10.1. The van der Waals surface area contributed by atoms with Gasteiger partial charge in [-0.3, -0.25) is 9.78 Å². The molecule has 0 bridgehead atoms. The second-order valence-electron chi connectivity index (χ2n) is 3.78. The van der Waals surface area contributed by atoms with E-state index in [0.717, 1.165) is 12.0 Å². The lowest BCUT2D eigenvalue weighted by Gasteiger charge is -2.05. The number of nitrogens with zero attached hydrogens (tertiary/aromatic N) is 2. The SMILES string of the molecule is NCCc1cccc(C(=O)Nc2cnccn2)c1. The van der Waals surface area contributed by atoms with Crippen LogP contribution < -0.4 is 11.1 Å². The summed E-state index contributed by atoms with van der Waals surface area (Å²) in [4.78, 5) is 19.8. The van der Waals surface area contributed by atoms with Crippen molar-refractivity contribution < 1.29 is 4.79 Å². The first kappa shape index (κ1) is 12.2. The number of rotatable bonds is 4. The zero-order valence-corrected chi connectivity index (χ0v) is 9.84. The Morgan fingerprint density at radius 3 is 2.94 bits per heavy atom. The molecule has 2 rings (SSSR count). The largest absolute Gasteiger partial charge is 0.330 e. The fourth-order valence-electron chi connectivity index (χ4n) is 1.59. The number of nitrogens with two attached hydrogens (primary N) is 1. The van der Waals surface area contributed by atoms with E-state index in [1.165, 1.54) is 12.4 Å². The van der Waals surface area contributed by atoms with Gasteiger partial charge in [0.15, 0.2) is 5.82 Å². The molecule has 92 valence electrons. The molecule has 5 nitrogen and oxygen atoms in total. The summed E-state index contributed by atoms with van der Waals surface area (Å²) in [5.41, 5.74) is 7.13. The van der Waals surface area contributed by atoms with Gasteiger partial charge >= 0.3 is 0 Å². The lowest BCUT2D eigenvalue weighted by Crippen LogP contribution is -2.13. The van der Waals surface area contributed by atoms with Gasteiger partial charge in [-0.25, -0.2) is 4.98 Å². The molecule has 1 heterocycles. The third-order valence-electron chi connectivity index (χ3n) is 2.43. The number of carbonyl (C=O) groups is 1. The minimum absolute atomic E-state index is 0.200. The molecule has 1 aromatic carbocycles. The maximum atomic E-state index is 12.0. The fraction of sp³-hybridized carbons (Fsp3) is 0.154. The normalized spacial score (nSPS) is 10.1. The Labute approximate surface area is 105 Å². The van der Waals surface area contributed by atoms with Crippen molar-refractivity contribution in [3.8, 4) is 0 Å². The molecule has 0 aliphatic heterocycles. The number of hydrogen-bond acceptors (Lipinski definition) is 4. The molecule has 0 aliphatic carbocycles. The molecule has 2 aromatic rings. The van der Waals surface area contributed by atoms with Crippen molar-refractivity contribution in [3.63, 3.8) is 0 Å². The van der Waals surface area contributed by atoms with E-state index in [2.05, 4.69) is 15.3 Å². The van der Waals surface area contributed by atoms with Crippen LogP contribution in [0.1, 0.15) is 15.9 Å². The Kier molecular flexibility index (Phi) is 3.98. The Morgan fingerprint density at radius 2 is 2.22 bits per heavy atom. The highest BCUT2D eigenvalue weighted by Gasteiger charge is 2.07. The summed E-state index contributed by atoms with van der Waals surface area (Å²) in [6, 6.07) is 7.38. The number of nitrogens with one attached hydrogen (secondary N) is 1. The van der Waals surface area contributed by atoms with E-state index >= 15 is 0 Å². The second kappa shape index (κ2) is 5.88. The zero-order valence-electron chi connectivity index (χ0n) is 9.84. The lowest BCUT2D eigenvalue weighted by molar-refractivity contribution is 0.102. The van der Waals surface area contributed by atoms with Crippen LogP contribution in [0.5, 0.6) is 0 Å². The minimum Gasteiger partial charge on any atom is -0.330 e. The molecular formula is C13H14N4O. The highest BCUT2D eigenvalue weighted by molar-refractivity contribution is 6.03. The Hall–Kier alpha value is -2.27. The molecule has 0 atom stereocenters. The van der Waals surface area contributed by atoms with Gasteiger partial charge in [-0.05, 0) is 30.7 Å².